The maximum atomic E-state index is 14.0. The van der Waals surface area contributed by atoms with E-state index >= 15 is 0 Å². The number of esters is 1. The summed E-state index contributed by atoms with van der Waals surface area (Å²) in [5.74, 6) is -2.11. The number of aryl methyl sites for hydroxylation is 2. The van der Waals surface area contributed by atoms with Gasteiger partial charge in [0.1, 0.15) is 30.0 Å². The fourth-order valence-corrected chi connectivity index (χ4v) is 3.92. The first-order chi connectivity index (χ1) is 18.3. The summed E-state index contributed by atoms with van der Waals surface area (Å²) in [7, 11) is 1.19. The topological polar surface area (TPSA) is 134 Å². The van der Waals surface area contributed by atoms with Gasteiger partial charge in [-0.15, -0.1) is 0 Å². The summed E-state index contributed by atoms with van der Waals surface area (Å²) in [4.78, 5) is 52.7. The van der Waals surface area contributed by atoms with Gasteiger partial charge in [-0.05, 0) is 69.0 Å². The maximum absolute atomic E-state index is 14.0. The first-order valence-corrected chi connectivity index (χ1v) is 12.2. The summed E-state index contributed by atoms with van der Waals surface area (Å²) in [6.45, 7) is 8.15. The second kappa shape index (κ2) is 13.3. The minimum atomic E-state index is -1.32. The van der Waals surface area contributed by atoms with Crippen LogP contribution in [0.25, 0.3) is 0 Å². The molecular weight excluding hydrogens is 502 g/mol. The van der Waals surface area contributed by atoms with Crippen molar-refractivity contribution < 1.29 is 33.8 Å². The smallest absolute Gasteiger partial charge is 0.408 e. The Morgan fingerprint density at radius 2 is 1.64 bits per heavy atom. The Kier molecular flexibility index (Phi) is 10.5. The molecule has 2 aromatic carbocycles. The number of methoxy groups -OCH3 is 1. The van der Waals surface area contributed by atoms with Gasteiger partial charge in [0.15, 0.2) is 0 Å². The predicted molar refractivity (Wildman–Crippen MR) is 144 cm³/mol. The average Bonchev–Trinajstić information content (AvgIpc) is 2.85. The molecular formula is C29H35N3O7. The third kappa shape index (κ3) is 8.78. The SMILES string of the molecule is C#CN(C(=O)C(Cc1ccc(O)cc1)NC(=O)OC(C)(C)C)C(C(=O)NCC(=O)OC)c1c(C)cccc1C. The van der Waals surface area contributed by atoms with E-state index in [0.29, 0.717) is 22.3 Å². The Morgan fingerprint density at radius 3 is 2.15 bits per heavy atom. The van der Waals surface area contributed by atoms with E-state index in [-0.39, 0.29) is 12.2 Å². The summed E-state index contributed by atoms with van der Waals surface area (Å²) in [6.07, 6.45) is 4.96. The summed E-state index contributed by atoms with van der Waals surface area (Å²) >= 11 is 0. The zero-order valence-electron chi connectivity index (χ0n) is 23.0. The predicted octanol–water partition coefficient (Wildman–Crippen LogP) is 2.89. The molecule has 0 saturated heterocycles. The van der Waals surface area contributed by atoms with Gasteiger partial charge in [0.25, 0.3) is 5.91 Å². The number of carbonyl (C=O) groups is 4. The number of rotatable bonds is 9. The lowest BCUT2D eigenvalue weighted by atomic mass is 9.93. The summed E-state index contributed by atoms with van der Waals surface area (Å²) < 4.78 is 9.96. The van der Waals surface area contributed by atoms with Crippen molar-refractivity contribution in [3.05, 3.63) is 64.7 Å². The Morgan fingerprint density at radius 1 is 1.05 bits per heavy atom. The van der Waals surface area contributed by atoms with Crippen LogP contribution in [0.2, 0.25) is 0 Å². The number of phenols is 1. The van der Waals surface area contributed by atoms with Crippen LogP contribution in [0.15, 0.2) is 42.5 Å². The van der Waals surface area contributed by atoms with E-state index in [1.165, 1.54) is 19.2 Å². The third-order valence-electron chi connectivity index (χ3n) is 5.70. The molecule has 2 rings (SSSR count). The molecule has 0 saturated carbocycles. The van der Waals surface area contributed by atoms with Crippen LogP contribution in [0.3, 0.4) is 0 Å². The first kappa shape index (κ1) is 30.7. The summed E-state index contributed by atoms with van der Waals surface area (Å²) in [5.41, 5.74) is 1.63. The number of benzene rings is 2. The van der Waals surface area contributed by atoms with E-state index in [1.54, 1.807) is 65.0 Å². The van der Waals surface area contributed by atoms with Crippen molar-refractivity contribution in [1.82, 2.24) is 15.5 Å². The zero-order chi connectivity index (χ0) is 29.3. The number of nitrogens with zero attached hydrogens (tertiary/aromatic N) is 1. The van der Waals surface area contributed by atoms with E-state index in [4.69, 9.17) is 11.2 Å². The molecule has 2 aromatic rings. The van der Waals surface area contributed by atoms with Crippen LogP contribution in [-0.4, -0.2) is 59.2 Å². The highest BCUT2D eigenvalue weighted by Gasteiger charge is 2.37. The molecule has 39 heavy (non-hydrogen) atoms. The van der Waals surface area contributed by atoms with Crippen LogP contribution < -0.4 is 10.6 Å². The van der Waals surface area contributed by atoms with Gasteiger partial charge >= 0.3 is 12.1 Å². The molecule has 3 amide bonds. The van der Waals surface area contributed by atoms with Gasteiger partial charge in [-0.2, -0.15) is 0 Å². The number of aromatic hydroxyl groups is 1. The van der Waals surface area contributed by atoms with Crippen molar-refractivity contribution in [2.75, 3.05) is 13.7 Å². The van der Waals surface area contributed by atoms with E-state index in [2.05, 4.69) is 21.4 Å². The van der Waals surface area contributed by atoms with E-state index < -0.39 is 48.1 Å². The maximum Gasteiger partial charge on any atom is 0.408 e. The van der Waals surface area contributed by atoms with E-state index in [9.17, 15) is 24.3 Å². The molecule has 2 unspecified atom stereocenters. The standard InChI is InChI=1S/C29H35N3O7/c1-8-32(25(26(35)30-17-23(34)38-7)24-18(2)10-9-11-19(24)3)27(36)22(31-28(37)39-29(4,5)6)16-20-12-14-21(33)15-13-20/h1,9-15,22,25,33H,16-17H2,2-7H3,(H,30,35)(H,31,37). The van der Waals surface area contributed by atoms with Crippen molar-refractivity contribution in [2.24, 2.45) is 0 Å². The lowest BCUT2D eigenvalue weighted by Crippen LogP contribution is -2.52. The van der Waals surface area contributed by atoms with Gasteiger partial charge in [0, 0.05) is 12.5 Å². The molecule has 10 heteroatoms. The monoisotopic (exact) mass is 537 g/mol. The molecule has 0 aromatic heterocycles. The molecule has 0 aliphatic carbocycles. The van der Waals surface area contributed by atoms with E-state index in [0.717, 1.165) is 4.90 Å². The van der Waals surface area contributed by atoms with Gasteiger partial charge in [0.05, 0.1) is 7.11 Å². The summed E-state index contributed by atoms with van der Waals surface area (Å²) in [5, 5.41) is 14.7. The Bertz CT molecular complexity index is 1220. The lowest BCUT2D eigenvalue weighted by molar-refractivity contribution is -0.142. The molecule has 0 radical (unpaired) electrons. The second-order valence-corrected chi connectivity index (χ2v) is 9.91. The van der Waals surface area contributed by atoms with Crippen molar-refractivity contribution in [3.8, 4) is 18.2 Å². The van der Waals surface area contributed by atoms with Gasteiger partial charge in [-0.3, -0.25) is 19.3 Å². The molecule has 0 aliphatic rings. The van der Waals surface area contributed by atoms with Crippen LogP contribution in [0.5, 0.6) is 5.75 Å². The van der Waals surface area contributed by atoms with Crippen molar-refractivity contribution in [2.45, 2.75) is 58.7 Å². The minimum Gasteiger partial charge on any atom is -0.508 e. The fraction of sp³-hybridized carbons (Fsp3) is 0.379. The minimum absolute atomic E-state index is 0.0141. The number of amides is 3. The van der Waals surface area contributed by atoms with Gasteiger partial charge in [0.2, 0.25) is 5.91 Å². The van der Waals surface area contributed by atoms with Gasteiger partial charge in [-0.1, -0.05) is 36.8 Å². The highest BCUT2D eigenvalue weighted by molar-refractivity contribution is 5.94. The molecule has 0 fully saturated rings. The number of carbonyl (C=O) groups excluding carboxylic acids is 4. The van der Waals surface area contributed by atoms with Crippen molar-refractivity contribution >= 4 is 23.9 Å². The first-order valence-electron chi connectivity index (χ1n) is 12.2. The quantitative estimate of drug-likeness (QED) is 0.254. The van der Waals surface area contributed by atoms with Crippen molar-refractivity contribution in [3.63, 3.8) is 0 Å². The van der Waals surface area contributed by atoms with E-state index in [1.807, 2.05) is 0 Å². The Hall–Kier alpha value is -4.52. The van der Waals surface area contributed by atoms with Crippen LogP contribution in [0.4, 0.5) is 4.79 Å². The van der Waals surface area contributed by atoms with Crippen LogP contribution in [0.1, 0.15) is 49.1 Å². The Balaban J connectivity index is 2.54. The molecule has 208 valence electrons. The average molecular weight is 538 g/mol. The molecule has 3 N–H and O–H groups in total. The molecule has 10 nitrogen and oxygen atoms in total. The third-order valence-corrected chi connectivity index (χ3v) is 5.70. The molecule has 2 atom stereocenters. The number of ether oxygens (including phenoxy) is 2. The number of hydrogen-bond acceptors (Lipinski definition) is 7. The highest BCUT2D eigenvalue weighted by atomic mass is 16.6. The molecule has 0 bridgehead atoms. The molecule has 0 aliphatic heterocycles. The van der Waals surface area contributed by atoms with Gasteiger partial charge < -0.3 is 25.2 Å². The fourth-order valence-electron chi connectivity index (χ4n) is 3.92. The van der Waals surface area contributed by atoms with Crippen LogP contribution >= 0.6 is 0 Å². The molecule has 0 spiro atoms. The number of terminal acetylenes is 1. The number of hydrogen-bond donors (Lipinski definition) is 3. The number of nitrogens with one attached hydrogen (secondary N) is 2. The largest absolute Gasteiger partial charge is 0.508 e. The van der Waals surface area contributed by atoms with Crippen LogP contribution in [0, 0.1) is 26.3 Å². The zero-order valence-corrected chi connectivity index (χ0v) is 23.0. The lowest BCUT2D eigenvalue weighted by Gasteiger charge is -2.31. The van der Waals surface area contributed by atoms with Crippen molar-refractivity contribution in [1.29, 1.82) is 0 Å². The van der Waals surface area contributed by atoms with Crippen LogP contribution in [-0.2, 0) is 30.3 Å². The second-order valence-electron chi connectivity index (χ2n) is 9.91. The van der Waals surface area contributed by atoms with Gasteiger partial charge in [-0.25, -0.2) is 4.79 Å². The highest BCUT2D eigenvalue weighted by Crippen LogP contribution is 2.28. The normalized spacial score (nSPS) is 12.3. The summed E-state index contributed by atoms with van der Waals surface area (Å²) in [6, 6.07) is 11.2. The number of alkyl carbamates (subject to hydrolysis) is 1. The Labute approximate surface area is 228 Å². The molecule has 0 heterocycles. The number of phenolic OH excluding ortho intramolecular Hbond substituents is 1.